The molecule has 1 saturated heterocycles. The largest absolute Gasteiger partial charge is 0.330 e. The van der Waals surface area contributed by atoms with Crippen LogP contribution in [-0.2, 0) is 0 Å². The van der Waals surface area contributed by atoms with E-state index in [4.69, 9.17) is 5.26 Å². The van der Waals surface area contributed by atoms with Crippen molar-refractivity contribution in [3.8, 4) is 6.07 Å². The Labute approximate surface area is 147 Å². The number of nitriles is 1. The lowest BCUT2D eigenvalue weighted by molar-refractivity contribution is 0.130. The van der Waals surface area contributed by atoms with Crippen LogP contribution in [-0.4, -0.2) is 30.3 Å². The number of allylic oxidation sites excluding steroid dienone is 1. The first-order valence-electron chi connectivity index (χ1n) is 8.52. The van der Waals surface area contributed by atoms with Crippen molar-refractivity contribution < 1.29 is 0 Å². The third-order valence-corrected chi connectivity index (χ3v) is 4.58. The minimum atomic E-state index is 0.202. The monoisotopic (exact) mass is 335 g/mol. The summed E-state index contributed by atoms with van der Waals surface area (Å²) in [5, 5.41) is 8.89. The first-order chi connectivity index (χ1) is 11.0. The highest BCUT2D eigenvalue weighted by Gasteiger charge is 2.29. The summed E-state index contributed by atoms with van der Waals surface area (Å²) in [6, 6.07) is 2.32. The normalized spacial score (nSPS) is 17.4. The highest BCUT2D eigenvalue weighted by atomic mass is 32.2. The van der Waals surface area contributed by atoms with Crippen LogP contribution in [0.5, 0.6) is 0 Å². The topological polar surface area (TPSA) is 39.1 Å². The molecule has 1 aliphatic heterocycles. The molecule has 1 aliphatic rings. The van der Waals surface area contributed by atoms with Crippen LogP contribution in [0.4, 0.5) is 0 Å². The standard InChI is InChI=1S/C17H27N3S.C2H6/c1-5-16(19-21-6-2)13-15(3)14-20-11-8-17(4,7-10-18)9-12-20;1-2/h5,13,19H,1,3,6-9,11-12,14H2,2,4H3;1-2H3/b16-13+;. The van der Waals surface area contributed by atoms with Crippen molar-refractivity contribution in [2.75, 3.05) is 25.4 Å². The second kappa shape index (κ2) is 12.3. The lowest BCUT2D eigenvalue weighted by Crippen LogP contribution is -2.39. The molecule has 0 unspecified atom stereocenters. The summed E-state index contributed by atoms with van der Waals surface area (Å²) in [5.41, 5.74) is 2.31. The number of nitrogens with zero attached hydrogens (tertiary/aromatic N) is 2. The third-order valence-electron chi connectivity index (χ3n) is 3.91. The van der Waals surface area contributed by atoms with Gasteiger partial charge in [0.15, 0.2) is 0 Å². The number of likely N-dealkylation sites (tertiary alicyclic amines) is 1. The van der Waals surface area contributed by atoms with E-state index >= 15 is 0 Å². The Kier molecular flexibility index (Phi) is 11.6. The van der Waals surface area contributed by atoms with Gasteiger partial charge in [-0.1, -0.05) is 52.8 Å². The lowest BCUT2D eigenvalue weighted by atomic mass is 9.78. The third kappa shape index (κ3) is 8.88. The zero-order valence-corrected chi connectivity index (χ0v) is 16.1. The van der Waals surface area contributed by atoms with Crippen LogP contribution >= 0.6 is 11.9 Å². The smallest absolute Gasteiger partial charge is 0.0627 e. The van der Waals surface area contributed by atoms with Crippen LogP contribution in [0, 0.1) is 16.7 Å². The molecule has 1 heterocycles. The number of hydrogen-bond donors (Lipinski definition) is 1. The predicted octanol–water partition coefficient (Wildman–Crippen LogP) is 4.91. The molecule has 0 radical (unpaired) electrons. The second-order valence-corrected chi connectivity index (χ2v) is 6.99. The van der Waals surface area contributed by atoms with E-state index in [1.165, 1.54) is 0 Å². The van der Waals surface area contributed by atoms with Crippen molar-refractivity contribution in [1.82, 2.24) is 9.62 Å². The van der Waals surface area contributed by atoms with Crippen LogP contribution in [0.1, 0.15) is 47.0 Å². The molecule has 0 aromatic heterocycles. The summed E-state index contributed by atoms with van der Waals surface area (Å²) in [4.78, 5) is 2.42. The highest BCUT2D eigenvalue weighted by molar-refractivity contribution is 7.97. The molecule has 0 aromatic carbocycles. The van der Waals surface area contributed by atoms with Gasteiger partial charge in [-0.05, 0) is 49.1 Å². The van der Waals surface area contributed by atoms with Gasteiger partial charge in [-0.25, -0.2) is 0 Å². The van der Waals surface area contributed by atoms with Crippen LogP contribution in [0.15, 0.2) is 36.6 Å². The van der Waals surface area contributed by atoms with Gasteiger partial charge in [-0.2, -0.15) is 5.26 Å². The van der Waals surface area contributed by atoms with Gasteiger partial charge in [-0.15, -0.1) is 0 Å². The summed E-state index contributed by atoms with van der Waals surface area (Å²) in [6.45, 7) is 19.3. The van der Waals surface area contributed by atoms with E-state index in [1.807, 2.05) is 19.9 Å². The van der Waals surface area contributed by atoms with E-state index in [0.717, 1.165) is 49.5 Å². The Morgan fingerprint density at radius 2 is 2.00 bits per heavy atom. The van der Waals surface area contributed by atoms with Gasteiger partial charge in [0.1, 0.15) is 0 Å². The summed E-state index contributed by atoms with van der Waals surface area (Å²) in [6.07, 6.45) is 6.75. The lowest BCUT2D eigenvalue weighted by Gasteiger charge is -2.38. The molecular formula is C19H33N3S. The first kappa shape index (κ1) is 21.8. The molecule has 1 N–H and O–H groups in total. The summed E-state index contributed by atoms with van der Waals surface area (Å²) < 4.78 is 3.26. The van der Waals surface area contributed by atoms with Crippen LogP contribution in [0.2, 0.25) is 0 Å². The zero-order chi connectivity index (χ0) is 17.7. The zero-order valence-electron chi connectivity index (χ0n) is 15.3. The molecular weight excluding hydrogens is 302 g/mol. The Bertz CT molecular complexity index is 426. The molecule has 23 heavy (non-hydrogen) atoms. The van der Waals surface area contributed by atoms with Crippen molar-refractivity contribution in [3.63, 3.8) is 0 Å². The van der Waals surface area contributed by atoms with Crippen LogP contribution in [0.25, 0.3) is 0 Å². The molecule has 3 nitrogen and oxygen atoms in total. The van der Waals surface area contributed by atoms with E-state index in [9.17, 15) is 0 Å². The van der Waals surface area contributed by atoms with E-state index in [0.29, 0.717) is 6.42 Å². The average Bonchev–Trinajstić information content (AvgIpc) is 2.56. The Hall–Kier alpha value is -1.18. The van der Waals surface area contributed by atoms with Crippen molar-refractivity contribution in [3.05, 3.63) is 36.6 Å². The minimum absolute atomic E-state index is 0.202. The van der Waals surface area contributed by atoms with Gasteiger partial charge in [0.05, 0.1) is 6.07 Å². The quantitative estimate of drug-likeness (QED) is 0.505. The number of piperidine rings is 1. The van der Waals surface area contributed by atoms with E-state index in [1.54, 1.807) is 11.9 Å². The van der Waals surface area contributed by atoms with E-state index in [2.05, 4.69) is 48.8 Å². The molecule has 130 valence electrons. The first-order valence-corrected chi connectivity index (χ1v) is 9.50. The molecule has 0 aliphatic carbocycles. The van der Waals surface area contributed by atoms with Crippen molar-refractivity contribution in [1.29, 1.82) is 5.26 Å². The predicted molar refractivity (Wildman–Crippen MR) is 104 cm³/mol. The molecule has 0 saturated carbocycles. The maximum Gasteiger partial charge on any atom is 0.0627 e. The van der Waals surface area contributed by atoms with Crippen LogP contribution in [0.3, 0.4) is 0 Å². The Balaban J connectivity index is 0.00000232. The highest BCUT2D eigenvalue weighted by Crippen LogP contribution is 2.34. The summed E-state index contributed by atoms with van der Waals surface area (Å²) >= 11 is 1.66. The molecule has 0 atom stereocenters. The molecule has 1 rings (SSSR count). The van der Waals surface area contributed by atoms with Crippen molar-refractivity contribution >= 4 is 11.9 Å². The summed E-state index contributed by atoms with van der Waals surface area (Å²) in [7, 11) is 0. The van der Waals surface area contributed by atoms with E-state index < -0.39 is 0 Å². The van der Waals surface area contributed by atoms with Gasteiger partial charge in [0.2, 0.25) is 0 Å². The van der Waals surface area contributed by atoms with Gasteiger partial charge >= 0.3 is 0 Å². The maximum absolute atomic E-state index is 8.89. The van der Waals surface area contributed by atoms with Gasteiger partial charge in [0, 0.05) is 24.4 Å². The number of rotatable bonds is 8. The maximum atomic E-state index is 8.89. The minimum Gasteiger partial charge on any atom is -0.330 e. The molecule has 0 amide bonds. The van der Waals surface area contributed by atoms with Gasteiger partial charge in [0.25, 0.3) is 0 Å². The van der Waals surface area contributed by atoms with E-state index in [-0.39, 0.29) is 5.41 Å². The fourth-order valence-corrected chi connectivity index (χ4v) is 2.91. The Morgan fingerprint density at radius 1 is 1.39 bits per heavy atom. The average molecular weight is 336 g/mol. The Morgan fingerprint density at radius 3 is 2.48 bits per heavy atom. The molecule has 0 bridgehead atoms. The van der Waals surface area contributed by atoms with Gasteiger partial charge in [-0.3, -0.25) is 4.90 Å². The van der Waals surface area contributed by atoms with Crippen LogP contribution < -0.4 is 4.72 Å². The number of hydrogen-bond acceptors (Lipinski definition) is 4. The summed E-state index contributed by atoms with van der Waals surface area (Å²) in [5.74, 6) is 1.02. The van der Waals surface area contributed by atoms with Gasteiger partial charge < -0.3 is 4.72 Å². The van der Waals surface area contributed by atoms with Crippen molar-refractivity contribution in [2.24, 2.45) is 5.41 Å². The molecule has 1 fully saturated rings. The second-order valence-electron chi connectivity index (χ2n) is 5.92. The number of nitrogens with one attached hydrogen (secondary N) is 1. The molecule has 0 spiro atoms. The van der Waals surface area contributed by atoms with Crippen molar-refractivity contribution in [2.45, 2.75) is 47.0 Å². The fraction of sp³-hybridized carbons (Fsp3) is 0.632. The molecule has 4 heteroatoms. The fourth-order valence-electron chi connectivity index (χ4n) is 2.46. The SMILES string of the molecule is C=C/C(=C\C(=C)CN1CCC(C)(CC#N)CC1)NSCC.CC. The molecule has 0 aromatic rings.